The van der Waals surface area contributed by atoms with Gasteiger partial charge in [-0.15, -0.1) is 0 Å². The van der Waals surface area contributed by atoms with Gasteiger partial charge in [-0.05, 0) is 23.8 Å². The summed E-state index contributed by atoms with van der Waals surface area (Å²) >= 11 is 0. The molecule has 5 atom stereocenters. The van der Waals surface area contributed by atoms with Gasteiger partial charge < -0.3 is 44.2 Å². The quantitative estimate of drug-likeness (QED) is 0.357. The van der Waals surface area contributed by atoms with Crippen molar-refractivity contribution in [1.82, 2.24) is 0 Å². The number of aliphatic carboxylic acids is 1. The number of hydrogen-bond acceptors (Lipinski definition) is 10. The summed E-state index contributed by atoms with van der Waals surface area (Å²) in [5.74, 6) is -1.54. The zero-order chi connectivity index (χ0) is 23.9. The SMILES string of the molecule is COc1cc2c(=O)c(-c3ccc(O)cc3)coc2cc1OC1OC(C(=O)O)C(O)C(O)C1O. The number of carboxylic acids is 1. The van der Waals surface area contributed by atoms with E-state index in [1.54, 1.807) is 12.1 Å². The van der Waals surface area contributed by atoms with Crippen LogP contribution >= 0.6 is 0 Å². The van der Waals surface area contributed by atoms with Crippen molar-refractivity contribution < 1.29 is 49.0 Å². The largest absolute Gasteiger partial charge is 0.508 e. The van der Waals surface area contributed by atoms with E-state index in [1.165, 1.54) is 37.6 Å². The summed E-state index contributed by atoms with van der Waals surface area (Å²) < 4.78 is 21.5. The molecule has 3 aromatic rings. The Balaban J connectivity index is 1.72. The van der Waals surface area contributed by atoms with E-state index in [-0.39, 0.29) is 39.2 Å². The molecule has 1 aromatic heterocycles. The first-order valence-electron chi connectivity index (χ1n) is 9.73. The lowest BCUT2D eigenvalue weighted by molar-refractivity contribution is -0.271. The number of ether oxygens (including phenoxy) is 3. The lowest BCUT2D eigenvalue weighted by Gasteiger charge is -2.38. The van der Waals surface area contributed by atoms with Crippen molar-refractivity contribution in [1.29, 1.82) is 0 Å². The molecular weight excluding hydrogens is 440 g/mol. The molecule has 2 aromatic carbocycles. The van der Waals surface area contributed by atoms with Crippen LogP contribution in [0.15, 0.2) is 51.9 Å². The van der Waals surface area contributed by atoms with Gasteiger partial charge in [0.15, 0.2) is 17.6 Å². The van der Waals surface area contributed by atoms with Crippen LogP contribution in [-0.4, -0.2) is 69.3 Å². The Bertz CT molecular complexity index is 1230. The van der Waals surface area contributed by atoms with Crippen LogP contribution in [-0.2, 0) is 9.53 Å². The second-order valence-corrected chi connectivity index (χ2v) is 7.38. The minimum Gasteiger partial charge on any atom is -0.508 e. The van der Waals surface area contributed by atoms with E-state index in [0.717, 1.165) is 0 Å². The molecule has 0 saturated carbocycles. The fourth-order valence-electron chi connectivity index (χ4n) is 3.50. The highest BCUT2D eigenvalue weighted by molar-refractivity contribution is 5.84. The molecule has 2 heterocycles. The number of carboxylic acid groups (broad SMARTS) is 1. The third kappa shape index (κ3) is 4.10. The Labute approximate surface area is 185 Å². The number of aliphatic hydroxyl groups is 3. The Morgan fingerprint density at radius 2 is 1.70 bits per heavy atom. The number of hydrogen-bond donors (Lipinski definition) is 5. The molecule has 5 unspecified atom stereocenters. The fraction of sp³-hybridized carbons (Fsp3) is 0.273. The van der Waals surface area contributed by atoms with Crippen molar-refractivity contribution in [3.8, 4) is 28.4 Å². The van der Waals surface area contributed by atoms with Crippen LogP contribution in [0.2, 0.25) is 0 Å². The number of methoxy groups -OCH3 is 1. The summed E-state index contributed by atoms with van der Waals surface area (Å²) in [5.41, 5.74) is 0.476. The Morgan fingerprint density at radius 1 is 1.00 bits per heavy atom. The maximum atomic E-state index is 13.0. The van der Waals surface area contributed by atoms with Crippen molar-refractivity contribution in [2.75, 3.05) is 7.11 Å². The summed E-state index contributed by atoms with van der Waals surface area (Å²) in [6.45, 7) is 0. The van der Waals surface area contributed by atoms with Crippen molar-refractivity contribution >= 4 is 16.9 Å². The number of carbonyl (C=O) groups is 1. The second-order valence-electron chi connectivity index (χ2n) is 7.38. The molecule has 33 heavy (non-hydrogen) atoms. The molecule has 1 fully saturated rings. The number of phenols is 1. The van der Waals surface area contributed by atoms with Crippen molar-refractivity contribution in [3.05, 3.63) is 52.9 Å². The fourth-order valence-corrected chi connectivity index (χ4v) is 3.50. The van der Waals surface area contributed by atoms with Crippen LogP contribution in [0.4, 0.5) is 0 Å². The molecular formula is C22H20O11. The number of fused-ring (bicyclic) bond motifs is 1. The third-order valence-electron chi connectivity index (χ3n) is 5.29. The first-order chi connectivity index (χ1) is 15.7. The summed E-state index contributed by atoms with van der Waals surface area (Å²) in [4.78, 5) is 24.3. The molecule has 0 amide bonds. The van der Waals surface area contributed by atoms with Crippen LogP contribution in [0.5, 0.6) is 17.2 Å². The lowest BCUT2D eigenvalue weighted by Crippen LogP contribution is -2.61. The van der Waals surface area contributed by atoms with Gasteiger partial charge >= 0.3 is 5.97 Å². The van der Waals surface area contributed by atoms with Gasteiger partial charge in [-0.2, -0.15) is 0 Å². The van der Waals surface area contributed by atoms with E-state index >= 15 is 0 Å². The van der Waals surface area contributed by atoms with Gasteiger partial charge in [-0.1, -0.05) is 12.1 Å². The molecule has 0 bridgehead atoms. The summed E-state index contributed by atoms with van der Waals surface area (Å²) in [7, 11) is 1.30. The minimum absolute atomic E-state index is 0.0425. The van der Waals surface area contributed by atoms with Gasteiger partial charge in [-0.3, -0.25) is 4.79 Å². The second kappa shape index (κ2) is 8.71. The number of aromatic hydroxyl groups is 1. The number of aliphatic hydroxyl groups excluding tert-OH is 3. The average molecular weight is 460 g/mol. The number of phenolic OH excluding ortho intramolecular Hbond substituents is 1. The normalized spacial score (nSPS) is 25.0. The predicted molar refractivity (Wildman–Crippen MR) is 111 cm³/mol. The molecule has 1 aliphatic rings. The summed E-state index contributed by atoms with van der Waals surface area (Å²) in [5, 5.41) is 48.8. The lowest BCUT2D eigenvalue weighted by atomic mass is 9.99. The predicted octanol–water partition coefficient (Wildman–Crippen LogP) is 0.445. The van der Waals surface area contributed by atoms with Gasteiger partial charge in [0.2, 0.25) is 11.7 Å². The maximum absolute atomic E-state index is 13.0. The molecule has 174 valence electrons. The van der Waals surface area contributed by atoms with Crippen molar-refractivity contribution in [2.45, 2.75) is 30.7 Å². The van der Waals surface area contributed by atoms with Gasteiger partial charge in [0.1, 0.15) is 35.9 Å². The van der Waals surface area contributed by atoms with Gasteiger partial charge in [0.25, 0.3) is 0 Å². The summed E-state index contributed by atoms with van der Waals surface area (Å²) in [6.07, 6.45) is -7.77. The van der Waals surface area contributed by atoms with Crippen LogP contribution < -0.4 is 14.9 Å². The van der Waals surface area contributed by atoms with E-state index in [0.29, 0.717) is 5.56 Å². The van der Waals surface area contributed by atoms with Gasteiger partial charge in [0, 0.05) is 6.07 Å². The Morgan fingerprint density at radius 3 is 2.33 bits per heavy atom. The molecule has 4 rings (SSSR count). The molecule has 5 N–H and O–H groups in total. The van der Waals surface area contributed by atoms with Crippen molar-refractivity contribution in [3.63, 3.8) is 0 Å². The Hall–Kier alpha value is -3.64. The molecule has 1 saturated heterocycles. The standard InChI is InChI=1S/C22H20O11/c1-30-14-6-11-13(31-8-12(16(11)24)9-2-4-10(23)5-3-9)7-15(14)32-22-19(27)17(25)18(26)20(33-22)21(28)29/h2-8,17-20,22-23,25-27H,1H3,(H,28,29). The molecule has 0 aliphatic carbocycles. The topological polar surface area (TPSA) is 176 Å². The smallest absolute Gasteiger partial charge is 0.335 e. The highest BCUT2D eigenvalue weighted by Gasteiger charge is 2.48. The highest BCUT2D eigenvalue weighted by atomic mass is 16.7. The average Bonchev–Trinajstić information content (AvgIpc) is 2.80. The van der Waals surface area contributed by atoms with Gasteiger partial charge in [-0.25, -0.2) is 4.79 Å². The van der Waals surface area contributed by atoms with Crippen LogP contribution in [0.1, 0.15) is 0 Å². The van der Waals surface area contributed by atoms with Crippen LogP contribution in [0.25, 0.3) is 22.1 Å². The molecule has 11 nitrogen and oxygen atoms in total. The molecule has 1 aliphatic heterocycles. The molecule has 11 heteroatoms. The minimum atomic E-state index is -1.87. The first-order valence-corrected chi connectivity index (χ1v) is 9.73. The van der Waals surface area contributed by atoms with Gasteiger partial charge in [0.05, 0.1) is 18.1 Å². The maximum Gasteiger partial charge on any atom is 0.335 e. The van der Waals surface area contributed by atoms with Crippen LogP contribution in [0.3, 0.4) is 0 Å². The zero-order valence-corrected chi connectivity index (χ0v) is 17.1. The van der Waals surface area contributed by atoms with E-state index < -0.39 is 36.7 Å². The zero-order valence-electron chi connectivity index (χ0n) is 17.1. The van der Waals surface area contributed by atoms with Crippen LogP contribution in [0, 0.1) is 0 Å². The number of benzene rings is 2. The third-order valence-corrected chi connectivity index (χ3v) is 5.29. The monoisotopic (exact) mass is 460 g/mol. The highest BCUT2D eigenvalue weighted by Crippen LogP contribution is 2.35. The van der Waals surface area contributed by atoms with E-state index in [9.17, 15) is 35.1 Å². The Kier molecular flexibility index (Phi) is 5.95. The first kappa shape index (κ1) is 22.6. The number of rotatable bonds is 5. The van der Waals surface area contributed by atoms with Crippen molar-refractivity contribution in [2.24, 2.45) is 0 Å². The molecule has 0 spiro atoms. The van der Waals surface area contributed by atoms with E-state index in [1.807, 2.05) is 0 Å². The van der Waals surface area contributed by atoms with E-state index in [4.69, 9.17) is 18.6 Å². The van der Waals surface area contributed by atoms with E-state index in [2.05, 4.69) is 0 Å². The summed E-state index contributed by atoms with van der Waals surface area (Å²) in [6, 6.07) is 8.61. The molecule has 0 radical (unpaired) electrons.